The fourth-order valence-corrected chi connectivity index (χ4v) is 3.74. The maximum Gasteiger partial charge on any atom is 0.289 e. The third-order valence-corrected chi connectivity index (χ3v) is 5.27. The average Bonchev–Trinajstić information content (AvgIpc) is 3.27. The van der Waals surface area contributed by atoms with E-state index in [2.05, 4.69) is 0 Å². The molecular formula is C21H24N2O5. The van der Waals surface area contributed by atoms with Crippen molar-refractivity contribution in [2.24, 2.45) is 5.92 Å². The van der Waals surface area contributed by atoms with Gasteiger partial charge in [-0.1, -0.05) is 6.07 Å². The summed E-state index contributed by atoms with van der Waals surface area (Å²) in [7, 11) is 1.82. The first-order valence-electron chi connectivity index (χ1n) is 9.58. The SMILES string of the molecule is CN(Cc1ccc2c(c1)OCCO2)C(=O)C1CCN(C(=O)c2ccco2)CC1. The number of piperidine rings is 1. The molecule has 2 aliphatic rings. The van der Waals surface area contributed by atoms with Crippen LogP contribution in [0.15, 0.2) is 41.0 Å². The van der Waals surface area contributed by atoms with E-state index >= 15 is 0 Å². The van der Waals surface area contributed by atoms with Gasteiger partial charge in [-0.2, -0.15) is 0 Å². The van der Waals surface area contributed by atoms with Crippen molar-refractivity contribution in [2.45, 2.75) is 19.4 Å². The fourth-order valence-electron chi connectivity index (χ4n) is 3.74. The molecule has 28 heavy (non-hydrogen) atoms. The lowest BCUT2D eigenvalue weighted by atomic mass is 9.95. The zero-order chi connectivity index (χ0) is 19.5. The molecule has 0 N–H and O–H groups in total. The van der Waals surface area contributed by atoms with E-state index < -0.39 is 0 Å². The molecule has 1 fully saturated rings. The van der Waals surface area contributed by atoms with Gasteiger partial charge in [-0.25, -0.2) is 0 Å². The molecule has 0 spiro atoms. The lowest BCUT2D eigenvalue weighted by Gasteiger charge is -2.33. The summed E-state index contributed by atoms with van der Waals surface area (Å²) in [4.78, 5) is 28.7. The van der Waals surface area contributed by atoms with Gasteiger partial charge in [0, 0.05) is 32.6 Å². The number of ether oxygens (including phenoxy) is 2. The lowest BCUT2D eigenvalue weighted by molar-refractivity contribution is -0.136. The molecule has 2 aromatic rings. The van der Waals surface area contributed by atoms with E-state index in [1.165, 1.54) is 6.26 Å². The average molecular weight is 384 g/mol. The van der Waals surface area contributed by atoms with Crippen LogP contribution in [-0.2, 0) is 11.3 Å². The fraction of sp³-hybridized carbons (Fsp3) is 0.429. The largest absolute Gasteiger partial charge is 0.486 e. The van der Waals surface area contributed by atoms with Gasteiger partial charge in [0.15, 0.2) is 17.3 Å². The first-order valence-corrected chi connectivity index (χ1v) is 9.58. The van der Waals surface area contributed by atoms with E-state index in [1.54, 1.807) is 21.9 Å². The summed E-state index contributed by atoms with van der Waals surface area (Å²) in [6.07, 6.45) is 2.82. The van der Waals surface area contributed by atoms with Crippen molar-refractivity contribution in [3.8, 4) is 11.5 Å². The summed E-state index contributed by atoms with van der Waals surface area (Å²) >= 11 is 0. The highest BCUT2D eigenvalue weighted by molar-refractivity contribution is 5.91. The number of hydrogen-bond donors (Lipinski definition) is 0. The Morgan fingerprint density at radius 1 is 1.11 bits per heavy atom. The van der Waals surface area contributed by atoms with Crippen LogP contribution in [0.4, 0.5) is 0 Å². The van der Waals surface area contributed by atoms with Gasteiger partial charge < -0.3 is 23.7 Å². The number of likely N-dealkylation sites (tertiary alicyclic amines) is 1. The number of carbonyl (C=O) groups is 2. The molecule has 7 heteroatoms. The number of fused-ring (bicyclic) bond motifs is 1. The van der Waals surface area contributed by atoms with Crippen molar-refractivity contribution >= 4 is 11.8 Å². The van der Waals surface area contributed by atoms with Gasteiger partial charge in [0.1, 0.15) is 13.2 Å². The molecule has 4 rings (SSSR count). The number of furan rings is 1. The first kappa shape index (κ1) is 18.4. The predicted molar refractivity (Wildman–Crippen MR) is 101 cm³/mol. The minimum Gasteiger partial charge on any atom is -0.486 e. The van der Waals surface area contributed by atoms with Gasteiger partial charge in [0.05, 0.1) is 6.26 Å². The number of rotatable bonds is 4. The Balaban J connectivity index is 1.32. The summed E-state index contributed by atoms with van der Waals surface area (Å²) in [5.74, 6) is 1.76. The Bertz CT molecular complexity index is 840. The molecule has 2 aliphatic heterocycles. The Morgan fingerprint density at radius 3 is 2.57 bits per heavy atom. The molecule has 1 aromatic heterocycles. The summed E-state index contributed by atoms with van der Waals surface area (Å²) in [5, 5.41) is 0. The normalized spacial score (nSPS) is 16.7. The van der Waals surface area contributed by atoms with Crippen molar-refractivity contribution in [3.63, 3.8) is 0 Å². The van der Waals surface area contributed by atoms with Crippen LogP contribution in [0.25, 0.3) is 0 Å². The van der Waals surface area contributed by atoms with E-state index in [9.17, 15) is 9.59 Å². The minimum atomic E-state index is -0.111. The van der Waals surface area contributed by atoms with E-state index in [0.29, 0.717) is 51.4 Å². The molecule has 0 aliphatic carbocycles. The monoisotopic (exact) mass is 384 g/mol. The number of carbonyl (C=O) groups excluding carboxylic acids is 2. The Morgan fingerprint density at radius 2 is 1.86 bits per heavy atom. The zero-order valence-corrected chi connectivity index (χ0v) is 15.9. The predicted octanol–water partition coefficient (Wildman–Crippen LogP) is 2.56. The van der Waals surface area contributed by atoms with Gasteiger partial charge in [-0.3, -0.25) is 9.59 Å². The summed E-state index contributed by atoms with van der Waals surface area (Å²) < 4.78 is 16.3. The summed E-state index contributed by atoms with van der Waals surface area (Å²) in [6, 6.07) is 9.16. The van der Waals surface area contributed by atoms with E-state index in [4.69, 9.17) is 13.9 Å². The molecular weight excluding hydrogens is 360 g/mol. The molecule has 2 amide bonds. The van der Waals surface area contributed by atoms with Crippen LogP contribution >= 0.6 is 0 Å². The van der Waals surface area contributed by atoms with Gasteiger partial charge in [-0.15, -0.1) is 0 Å². The third-order valence-electron chi connectivity index (χ3n) is 5.27. The first-order chi connectivity index (χ1) is 13.6. The molecule has 0 saturated carbocycles. The zero-order valence-electron chi connectivity index (χ0n) is 15.9. The van der Waals surface area contributed by atoms with Gasteiger partial charge in [0.25, 0.3) is 5.91 Å². The van der Waals surface area contributed by atoms with Crippen LogP contribution in [0.2, 0.25) is 0 Å². The number of benzene rings is 1. The van der Waals surface area contributed by atoms with Gasteiger partial charge in [0.2, 0.25) is 5.91 Å². The Kier molecular flexibility index (Phi) is 5.23. The van der Waals surface area contributed by atoms with Crippen molar-refractivity contribution in [1.29, 1.82) is 0 Å². The molecule has 7 nitrogen and oxygen atoms in total. The molecule has 1 aromatic carbocycles. The van der Waals surface area contributed by atoms with E-state index in [0.717, 1.165) is 17.1 Å². The minimum absolute atomic E-state index is 0.0668. The molecule has 0 atom stereocenters. The lowest BCUT2D eigenvalue weighted by Crippen LogP contribution is -2.43. The number of hydrogen-bond acceptors (Lipinski definition) is 5. The van der Waals surface area contributed by atoms with Crippen LogP contribution in [0.3, 0.4) is 0 Å². The highest BCUT2D eigenvalue weighted by Crippen LogP contribution is 2.31. The van der Waals surface area contributed by atoms with Crippen LogP contribution in [0.1, 0.15) is 29.0 Å². The molecule has 148 valence electrons. The van der Waals surface area contributed by atoms with Crippen LogP contribution < -0.4 is 9.47 Å². The quantitative estimate of drug-likeness (QED) is 0.810. The Labute approximate surface area is 163 Å². The molecule has 3 heterocycles. The molecule has 0 radical (unpaired) electrons. The second-order valence-electron chi connectivity index (χ2n) is 7.22. The van der Waals surface area contributed by atoms with Gasteiger partial charge in [-0.05, 0) is 42.7 Å². The smallest absolute Gasteiger partial charge is 0.289 e. The van der Waals surface area contributed by atoms with Gasteiger partial charge >= 0.3 is 0 Å². The second kappa shape index (κ2) is 7.96. The molecule has 0 bridgehead atoms. The van der Waals surface area contributed by atoms with E-state index in [1.807, 2.05) is 25.2 Å². The third kappa shape index (κ3) is 3.83. The molecule has 0 unspecified atom stereocenters. The van der Waals surface area contributed by atoms with Crippen LogP contribution in [0, 0.1) is 5.92 Å². The van der Waals surface area contributed by atoms with Crippen LogP contribution in [-0.4, -0.2) is 55.0 Å². The Hall–Kier alpha value is -2.96. The number of amides is 2. The maximum absolute atomic E-state index is 12.8. The topological polar surface area (TPSA) is 72.2 Å². The highest BCUT2D eigenvalue weighted by atomic mass is 16.6. The molecule has 1 saturated heterocycles. The maximum atomic E-state index is 12.8. The van der Waals surface area contributed by atoms with Crippen LogP contribution in [0.5, 0.6) is 11.5 Å². The van der Waals surface area contributed by atoms with Crippen molar-refractivity contribution in [3.05, 3.63) is 47.9 Å². The summed E-state index contributed by atoms with van der Waals surface area (Å²) in [5.41, 5.74) is 1.01. The van der Waals surface area contributed by atoms with Crippen molar-refractivity contribution < 1.29 is 23.5 Å². The van der Waals surface area contributed by atoms with Crippen molar-refractivity contribution in [1.82, 2.24) is 9.80 Å². The van der Waals surface area contributed by atoms with Crippen molar-refractivity contribution in [2.75, 3.05) is 33.4 Å². The highest BCUT2D eigenvalue weighted by Gasteiger charge is 2.30. The summed E-state index contributed by atoms with van der Waals surface area (Å²) in [6.45, 7) is 2.75. The number of nitrogens with zero attached hydrogens (tertiary/aromatic N) is 2. The second-order valence-corrected chi connectivity index (χ2v) is 7.22. The standard InChI is InChI=1S/C21H24N2O5/c1-22(14-15-4-5-17-19(13-15)28-12-11-27-17)20(24)16-6-8-23(9-7-16)21(25)18-3-2-10-26-18/h2-5,10,13,16H,6-9,11-12,14H2,1H3. The van der Waals surface area contributed by atoms with E-state index in [-0.39, 0.29) is 17.7 Å².